The summed E-state index contributed by atoms with van der Waals surface area (Å²) in [5.74, 6) is 0. The Morgan fingerprint density at radius 1 is 1.18 bits per heavy atom. The van der Waals surface area contributed by atoms with E-state index in [9.17, 15) is 10.1 Å². The second kappa shape index (κ2) is 9.86. The highest BCUT2D eigenvalue weighted by Gasteiger charge is 2.26. The number of rotatable bonds is 4. The number of piperidine rings is 1. The van der Waals surface area contributed by atoms with Crippen molar-refractivity contribution in [1.82, 2.24) is 14.7 Å². The van der Waals surface area contributed by atoms with Crippen LogP contribution in [-0.4, -0.2) is 39.9 Å². The van der Waals surface area contributed by atoms with Crippen molar-refractivity contribution in [3.05, 3.63) is 48.0 Å². The second-order valence-electron chi connectivity index (χ2n) is 9.22. The summed E-state index contributed by atoms with van der Waals surface area (Å²) in [5.41, 5.74) is 3.99. The normalized spacial score (nSPS) is 20.8. The fourth-order valence-electron chi connectivity index (χ4n) is 5.19. The lowest BCUT2D eigenvalue weighted by molar-refractivity contribution is -0.0365. The summed E-state index contributed by atoms with van der Waals surface area (Å²) in [5, 5.41) is 18.4. The van der Waals surface area contributed by atoms with Crippen molar-refractivity contribution in [2.45, 2.75) is 64.1 Å². The molecule has 7 nitrogen and oxygen atoms in total. The first-order valence-corrected chi connectivity index (χ1v) is 12.4. The van der Waals surface area contributed by atoms with Crippen molar-refractivity contribution >= 4 is 22.6 Å². The molecular weight excluding hydrogens is 426 g/mol. The molecule has 2 amide bonds. The summed E-state index contributed by atoms with van der Waals surface area (Å²) in [6, 6.07) is 16.0. The van der Waals surface area contributed by atoms with Crippen LogP contribution in [0.1, 0.15) is 63.7 Å². The van der Waals surface area contributed by atoms with Crippen LogP contribution in [0.5, 0.6) is 0 Å². The first-order chi connectivity index (χ1) is 16.7. The predicted octanol–water partition coefficient (Wildman–Crippen LogP) is 6.07. The van der Waals surface area contributed by atoms with Gasteiger partial charge in [0.05, 0.1) is 17.1 Å². The van der Waals surface area contributed by atoms with Crippen LogP contribution in [0.4, 0.5) is 10.5 Å². The van der Waals surface area contributed by atoms with E-state index in [4.69, 9.17) is 9.84 Å². The smallest absolute Gasteiger partial charge is 0.322 e. The highest BCUT2D eigenvalue weighted by molar-refractivity contribution is 5.96. The van der Waals surface area contributed by atoms with Gasteiger partial charge in [-0.2, -0.15) is 10.4 Å². The Labute approximate surface area is 200 Å². The van der Waals surface area contributed by atoms with Gasteiger partial charge in [0.15, 0.2) is 6.23 Å². The summed E-state index contributed by atoms with van der Waals surface area (Å²) in [6.45, 7) is 3.68. The Hall–Kier alpha value is -3.37. The zero-order valence-corrected chi connectivity index (χ0v) is 19.7. The van der Waals surface area contributed by atoms with E-state index in [1.807, 2.05) is 52.0 Å². The highest BCUT2D eigenvalue weighted by atomic mass is 16.5. The van der Waals surface area contributed by atoms with E-state index >= 15 is 0 Å². The minimum Gasteiger partial charge on any atom is -0.356 e. The van der Waals surface area contributed by atoms with E-state index in [2.05, 4.69) is 18.3 Å². The van der Waals surface area contributed by atoms with E-state index < -0.39 is 0 Å². The molecule has 3 aromatic rings. The van der Waals surface area contributed by atoms with E-state index in [-0.39, 0.29) is 12.3 Å². The molecule has 2 aromatic carbocycles. The van der Waals surface area contributed by atoms with Crippen molar-refractivity contribution in [2.75, 3.05) is 18.5 Å². The number of nitriles is 1. The number of carbonyl (C=O) groups is 1. The van der Waals surface area contributed by atoms with Crippen LogP contribution in [0, 0.1) is 11.3 Å². The molecule has 1 aromatic heterocycles. The van der Waals surface area contributed by atoms with Crippen molar-refractivity contribution in [3.8, 4) is 17.3 Å². The number of benzene rings is 2. The largest absolute Gasteiger partial charge is 0.356 e. The van der Waals surface area contributed by atoms with Crippen LogP contribution in [0.25, 0.3) is 22.2 Å². The number of likely N-dealkylation sites (tertiary alicyclic amines) is 1. The molecule has 2 aliphatic heterocycles. The molecule has 0 aliphatic carbocycles. The van der Waals surface area contributed by atoms with E-state index in [0.717, 1.165) is 79.5 Å². The van der Waals surface area contributed by atoms with Gasteiger partial charge in [0.1, 0.15) is 5.69 Å². The Morgan fingerprint density at radius 2 is 2.06 bits per heavy atom. The standard InChI is InChI=1S/C27H31N5O2/c1-2-22-10-3-5-14-31(22)27(33)29-21-9-7-8-20(17-21)26-23-16-19(18-28)12-13-24(23)32(30-26)25-11-4-6-15-34-25/h7-9,12-13,16-17,22,25H,2-6,10-11,14-15H2,1H3,(H,29,33). The number of carbonyl (C=O) groups excluding carboxylic acids is 1. The molecule has 0 radical (unpaired) electrons. The van der Waals surface area contributed by atoms with Crippen LogP contribution in [0.2, 0.25) is 0 Å². The first kappa shape index (κ1) is 22.4. The summed E-state index contributed by atoms with van der Waals surface area (Å²) in [4.78, 5) is 15.0. The maximum absolute atomic E-state index is 13.0. The molecule has 2 fully saturated rings. The molecule has 3 heterocycles. The van der Waals surface area contributed by atoms with Crippen LogP contribution in [-0.2, 0) is 4.74 Å². The van der Waals surface area contributed by atoms with Gasteiger partial charge in [-0.25, -0.2) is 9.48 Å². The van der Waals surface area contributed by atoms with Crippen LogP contribution in [0.15, 0.2) is 42.5 Å². The van der Waals surface area contributed by atoms with Gasteiger partial charge in [0.25, 0.3) is 0 Å². The molecule has 0 saturated carbocycles. The summed E-state index contributed by atoms with van der Waals surface area (Å²) >= 11 is 0. The average Bonchev–Trinajstić information content (AvgIpc) is 3.28. The monoisotopic (exact) mass is 457 g/mol. The molecule has 2 aliphatic rings. The SMILES string of the molecule is CCC1CCCCN1C(=O)Nc1cccc(-c2nn(C3CCCCO3)c3ccc(C#N)cc23)c1. The van der Waals surface area contributed by atoms with E-state index in [1.165, 1.54) is 6.42 Å². The molecule has 2 unspecified atom stereocenters. The van der Waals surface area contributed by atoms with Gasteiger partial charge in [0, 0.05) is 35.8 Å². The minimum atomic E-state index is -0.106. The van der Waals surface area contributed by atoms with Gasteiger partial charge in [-0.3, -0.25) is 0 Å². The average molecular weight is 458 g/mol. The fraction of sp³-hybridized carbons (Fsp3) is 0.444. The Bertz CT molecular complexity index is 1220. The number of hydrogen-bond acceptors (Lipinski definition) is 4. The number of urea groups is 1. The van der Waals surface area contributed by atoms with Crippen LogP contribution < -0.4 is 5.32 Å². The third kappa shape index (κ3) is 4.38. The molecule has 2 atom stereocenters. The van der Waals surface area contributed by atoms with Gasteiger partial charge < -0.3 is 15.0 Å². The van der Waals surface area contributed by atoms with E-state index in [1.54, 1.807) is 0 Å². The quantitative estimate of drug-likeness (QED) is 0.515. The summed E-state index contributed by atoms with van der Waals surface area (Å²) < 4.78 is 7.97. The van der Waals surface area contributed by atoms with Gasteiger partial charge in [0.2, 0.25) is 0 Å². The van der Waals surface area contributed by atoms with Crippen molar-refractivity contribution in [3.63, 3.8) is 0 Å². The molecule has 34 heavy (non-hydrogen) atoms. The number of nitrogens with zero attached hydrogens (tertiary/aromatic N) is 4. The van der Waals surface area contributed by atoms with Crippen molar-refractivity contribution in [2.24, 2.45) is 0 Å². The zero-order chi connectivity index (χ0) is 23.5. The molecule has 176 valence electrons. The topological polar surface area (TPSA) is 83.2 Å². The van der Waals surface area contributed by atoms with Gasteiger partial charge in [-0.1, -0.05) is 19.1 Å². The number of amides is 2. The number of hydrogen-bond donors (Lipinski definition) is 1. The Balaban J connectivity index is 1.48. The lowest BCUT2D eigenvalue weighted by atomic mass is 10.0. The highest BCUT2D eigenvalue weighted by Crippen LogP contribution is 2.34. The van der Waals surface area contributed by atoms with Gasteiger partial charge in [-0.05, 0) is 75.3 Å². The maximum atomic E-state index is 13.0. The summed E-state index contributed by atoms with van der Waals surface area (Å²) in [7, 11) is 0. The zero-order valence-electron chi connectivity index (χ0n) is 19.7. The second-order valence-corrected chi connectivity index (χ2v) is 9.22. The fourth-order valence-corrected chi connectivity index (χ4v) is 5.19. The molecule has 2 saturated heterocycles. The van der Waals surface area contributed by atoms with Crippen LogP contribution in [0.3, 0.4) is 0 Å². The number of fused-ring (bicyclic) bond motifs is 1. The predicted molar refractivity (Wildman–Crippen MR) is 132 cm³/mol. The van der Waals surface area contributed by atoms with E-state index in [0.29, 0.717) is 11.6 Å². The lowest BCUT2D eigenvalue weighted by Gasteiger charge is -2.35. The number of aromatic nitrogens is 2. The van der Waals surface area contributed by atoms with Crippen LogP contribution >= 0.6 is 0 Å². The number of ether oxygens (including phenoxy) is 1. The Morgan fingerprint density at radius 3 is 2.85 bits per heavy atom. The number of anilines is 1. The molecule has 0 bridgehead atoms. The molecular formula is C27H31N5O2. The lowest BCUT2D eigenvalue weighted by Crippen LogP contribution is -2.45. The minimum absolute atomic E-state index is 0.0403. The first-order valence-electron chi connectivity index (χ1n) is 12.4. The number of nitrogens with one attached hydrogen (secondary N) is 1. The third-order valence-corrected chi connectivity index (χ3v) is 7.01. The molecule has 0 spiro atoms. The summed E-state index contributed by atoms with van der Waals surface area (Å²) in [6.07, 6.45) is 7.26. The van der Waals surface area contributed by atoms with Crippen molar-refractivity contribution in [1.29, 1.82) is 5.26 Å². The Kier molecular flexibility index (Phi) is 6.50. The maximum Gasteiger partial charge on any atom is 0.322 e. The molecule has 7 heteroatoms. The molecule has 5 rings (SSSR count). The van der Waals surface area contributed by atoms with Crippen molar-refractivity contribution < 1.29 is 9.53 Å². The third-order valence-electron chi connectivity index (χ3n) is 7.01. The molecule has 1 N–H and O–H groups in total. The van der Waals surface area contributed by atoms with Gasteiger partial charge in [-0.15, -0.1) is 0 Å². The van der Waals surface area contributed by atoms with Gasteiger partial charge >= 0.3 is 6.03 Å².